The van der Waals surface area contributed by atoms with E-state index in [1.54, 1.807) is 6.20 Å². The lowest BCUT2D eigenvalue weighted by molar-refractivity contribution is 0.222. The van der Waals surface area contributed by atoms with Gasteiger partial charge in [0.1, 0.15) is 11.9 Å². The third-order valence-electron chi connectivity index (χ3n) is 3.14. The van der Waals surface area contributed by atoms with Gasteiger partial charge in [0.05, 0.1) is 6.20 Å². The first-order chi connectivity index (χ1) is 8.92. The molecule has 1 aromatic carbocycles. The van der Waals surface area contributed by atoms with Crippen LogP contribution in [-0.2, 0) is 0 Å². The molecule has 0 saturated carbocycles. The molecule has 0 radical (unpaired) electrons. The molecule has 3 heteroatoms. The fourth-order valence-electron chi connectivity index (χ4n) is 2.19. The molecule has 1 saturated heterocycles. The van der Waals surface area contributed by atoms with Gasteiger partial charge in [-0.15, -0.1) is 0 Å². The zero-order valence-electron chi connectivity index (χ0n) is 10.2. The first-order valence-corrected chi connectivity index (χ1v) is 6.30. The molecule has 0 amide bonds. The van der Waals surface area contributed by atoms with Crippen molar-refractivity contribution in [1.82, 2.24) is 10.3 Å². The molecule has 0 bridgehead atoms. The van der Waals surface area contributed by atoms with Crippen LogP contribution in [0.4, 0.5) is 0 Å². The molecule has 1 aliphatic heterocycles. The Balaban J connectivity index is 1.80. The Morgan fingerprint density at radius 2 is 2.00 bits per heavy atom. The van der Waals surface area contributed by atoms with Crippen LogP contribution >= 0.6 is 0 Å². The van der Waals surface area contributed by atoms with Crippen molar-refractivity contribution >= 4 is 0 Å². The second kappa shape index (κ2) is 5.19. The molecule has 2 aromatic rings. The summed E-state index contributed by atoms with van der Waals surface area (Å²) in [5.41, 5.74) is 2.26. The highest BCUT2D eigenvalue weighted by molar-refractivity contribution is 5.63. The minimum atomic E-state index is 0.276. The predicted molar refractivity (Wildman–Crippen MR) is 71.6 cm³/mol. The summed E-state index contributed by atoms with van der Waals surface area (Å²) >= 11 is 0. The van der Waals surface area contributed by atoms with E-state index < -0.39 is 0 Å². The summed E-state index contributed by atoms with van der Waals surface area (Å²) < 4.78 is 5.91. The standard InChI is InChI=1S/C15H16N2O/c1-2-4-12(5-3-1)13-8-15(11-17-9-13)18-14-6-7-16-10-14/h1-5,8-9,11,14,16H,6-7,10H2. The number of nitrogens with zero attached hydrogens (tertiary/aromatic N) is 1. The van der Waals surface area contributed by atoms with Crippen LogP contribution in [0.3, 0.4) is 0 Å². The van der Waals surface area contributed by atoms with Crippen molar-refractivity contribution in [2.24, 2.45) is 0 Å². The molecule has 1 atom stereocenters. The third kappa shape index (κ3) is 2.51. The molecule has 2 heterocycles. The predicted octanol–water partition coefficient (Wildman–Crippen LogP) is 2.49. The Hall–Kier alpha value is -1.87. The van der Waals surface area contributed by atoms with Gasteiger partial charge in [-0.1, -0.05) is 30.3 Å². The molecular formula is C15H16N2O. The average molecular weight is 240 g/mol. The molecule has 1 fully saturated rings. The quantitative estimate of drug-likeness (QED) is 0.895. The van der Waals surface area contributed by atoms with E-state index in [1.165, 1.54) is 5.56 Å². The fraction of sp³-hybridized carbons (Fsp3) is 0.267. The second-order valence-electron chi connectivity index (χ2n) is 4.51. The van der Waals surface area contributed by atoms with Crippen molar-refractivity contribution in [3.8, 4) is 16.9 Å². The zero-order chi connectivity index (χ0) is 12.2. The molecule has 0 spiro atoms. The van der Waals surface area contributed by atoms with Crippen LogP contribution in [0.25, 0.3) is 11.1 Å². The van der Waals surface area contributed by atoms with Gasteiger partial charge in [-0.05, 0) is 24.6 Å². The minimum absolute atomic E-state index is 0.276. The summed E-state index contributed by atoms with van der Waals surface area (Å²) in [5.74, 6) is 0.852. The highest BCUT2D eigenvalue weighted by Crippen LogP contribution is 2.23. The van der Waals surface area contributed by atoms with Crippen LogP contribution in [-0.4, -0.2) is 24.2 Å². The van der Waals surface area contributed by atoms with E-state index in [-0.39, 0.29) is 6.10 Å². The lowest BCUT2D eigenvalue weighted by Gasteiger charge is -2.12. The molecule has 3 nitrogen and oxygen atoms in total. The lowest BCUT2D eigenvalue weighted by Crippen LogP contribution is -2.19. The first kappa shape index (κ1) is 11.2. The topological polar surface area (TPSA) is 34.1 Å². The van der Waals surface area contributed by atoms with Gasteiger partial charge >= 0.3 is 0 Å². The number of aromatic nitrogens is 1. The van der Waals surface area contributed by atoms with Crippen LogP contribution in [0.15, 0.2) is 48.8 Å². The SMILES string of the molecule is c1ccc(-c2cncc(OC3CCNC3)c2)cc1. The highest BCUT2D eigenvalue weighted by atomic mass is 16.5. The maximum Gasteiger partial charge on any atom is 0.138 e. The normalized spacial score (nSPS) is 18.8. The molecule has 18 heavy (non-hydrogen) atoms. The van der Waals surface area contributed by atoms with Crippen molar-refractivity contribution in [2.45, 2.75) is 12.5 Å². The van der Waals surface area contributed by atoms with Gasteiger partial charge in [0, 0.05) is 18.3 Å². The largest absolute Gasteiger partial charge is 0.487 e. The number of hydrogen-bond acceptors (Lipinski definition) is 3. The molecule has 1 aromatic heterocycles. The van der Waals surface area contributed by atoms with Gasteiger partial charge in [-0.3, -0.25) is 4.98 Å². The molecule has 1 unspecified atom stereocenters. The summed E-state index contributed by atoms with van der Waals surface area (Å²) in [5, 5.41) is 3.29. The summed E-state index contributed by atoms with van der Waals surface area (Å²) in [4.78, 5) is 4.26. The average Bonchev–Trinajstić information content (AvgIpc) is 2.93. The van der Waals surface area contributed by atoms with E-state index in [0.717, 1.165) is 30.8 Å². The van der Waals surface area contributed by atoms with Gasteiger partial charge in [0.25, 0.3) is 0 Å². The Morgan fingerprint density at radius 1 is 1.11 bits per heavy atom. The van der Waals surface area contributed by atoms with E-state index in [1.807, 2.05) is 24.4 Å². The van der Waals surface area contributed by atoms with Gasteiger partial charge in [0.15, 0.2) is 0 Å². The maximum atomic E-state index is 5.91. The number of ether oxygens (including phenoxy) is 1. The van der Waals surface area contributed by atoms with Gasteiger partial charge in [-0.25, -0.2) is 0 Å². The van der Waals surface area contributed by atoms with Crippen molar-refractivity contribution in [2.75, 3.05) is 13.1 Å². The van der Waals surface area contributed by atoms with Crippen molar-refractivity contribution in [3.05, 3.63) is 48.8 Å². The smallest absolute Gasteiger partial charge is 0.138 e. The number of hydrogen-bond donors (Lipinski definition) is 1. The van der Waals surface area contributed by atoms with Crippen molar-refractivity contribution in [3.63, 3.8) is 0 Å². The van der Waals surface area contributed by atoms with Crippen LogP contribution in [0, 0.1) is 0 Å². The van der Waals surface area contributed by atoms with E-state index in [0.29, 0.717) is 0 Å². The number of pyridine rings is 1. The summed E-state index contributed by atoms with van der Waals surface area (Å²) in [6.07, 6.45) is 4.99. The first-order valence-electron chi connectivity index (χ1n) is 6.30. The van der Waals surface area contributed by atoms with E-state index in [2.05, 4.69) is 28.5 Å². The molecule has 0 aliphatic carbocycles. The van der Waals surface area contributed by atoms with Crippen LogP contribution in [0.1, 0.15) is 6.42 Å². The fourth-order valence-corrected chi connectivity index (χ4v) is 2.19. The monoisotopic (exact) mass is 240 g/mol. The summed E-state index contributed by atoms with van der Waals surface area (Å²) in [6, 6.07) is 12.3. The molecule has 3 rings (SSSR count). The Labute approximate surface area is 107 Å². The number of nitrogens with one attached hydrogen (secondary N) is 1. The molecule has 1 aliphatic rings. The minimum Gasteiger partial charge on any atom is -0.487 e. The highest BCUT2D eigenvalue weighted by Gasteiger charge is 2.16. The van der Waals surface area contributed by atoms with Gasteiger partial charge < -0.3 is 10.1 Å². The van der Waals surface area contributed by atoms with Crippen molar-refractivity contribution < 1.29 is 4.74 Å². The lowest BCUT2D eigenvalue weighted by atomic mass is 10.1. The zero-order valence-corrected chi connectivity index (χ0v) is 10.2. The summed E-state index contributed by atoms with van der Waals surface area (Å²) in [6.45, 7) is 1.96. The van der Waals surface area contributed by atoms with Crippen LogP contribution in [0.5, 0.6) is 5.75 Å². The summed E-state index contributed by atoms with van der Waals surface area (Å²) in [7, 11) is 0. The van der Waals surface area contributed by atoms with E-state index in [9.17, 15) is 0 Å². The number of rotatable bonds is 3. The molecule has 1 N–H and O–H groups in total. The maximum absolute atomic E-state index is 5.91. The number of benzene rings is 1. The van der Waals surface area contributed by atoms with E-state index in [4.69, 9.17) is 4.74 Å². The van der Waals surface area contributed by atoms with Gasteiger partial charge in [-0.2, -0.15) is 0 Å². The molecular weight excluding hydrogens is 224 g/mol. The Morgan fingerprint density at radius 3 is 2.78 bits per heavy atom. The second-order valence-corrected chi connectivity index (χ2v) is 4.51. The van der Waals surface area contributed by atoms with Gasteiger partial charge in [0.2, 0.25) is 0 Å². The Kier molecular flexibility index (Phi) is 3.24. The molecule has 92 valence electrons. The van der Waals surface area contributed by atoms with Crippen molar-refractivity contribution in [1.29, 1.82) is 0 Å². The van der Waals surface area contributed by atoms with E-state index >= 15 is 0 Å². The van der Waals surface area contributed by atoms with Crippen LogP contribution < -0.4 is 10.1 Å². The van der Waals surface area contributed by atoms with Crippen LogP contribution in [0.2, 0.25) is 0 Å². The Bertz CT molecular complexity index is 507. The third-order valence-corrected chi connectivity index (χ3v) is 3.14.